The van der Waals surface area contributed by atoms with Crippen molar-refractivity contribution in [3.8, 4) is 11.5 Å². The minimum Gasteiger partial charge on any atom is -0.508 e. The van der Waals surface area contributed by atoms with Gasteiger partial charge in [-0.2, -0.15) is 13.2 Å². The average molecular weight is 694 g/mol. The van der Waals surface area contributed by atoms with Crippen molar-refractivity contribution in [3.63, 3.8) is 0 Å². The summed E-state index contributed by atoms with van der Waals surface area (Å²) in [6.45, 7) is -0.292. The fourth-order valence-electron chi connectivity index (χ4n) is 8.22. The molecular formula is C34H26F3N3O6S2. The van der Waals surface area contributed by atoms with Crippen LogP contribution in [0.2, 0.25) is 0 Å². The zero-order chi connectivity index (χ0) is 33.5. The van der Waals surface area contributed by atoms with Crippen LogP contribution < -0.4 is 19.8 Å². The molecule has 246 valence electrons. The van der Waals surface area contributed by atoms with Crippen LogP contribution in [0.3, 0.4) is 0 Å². The largest absolute Gasteiger partial charge is 0.508 e. The molecule has 2 saturated carbocycles. The third kappa shape index (κ3) is 4.91. The van der Waals surface area contributed by atoms with Crippen LogP contribution >= 0.6 is 23.1 Å². The number of imide groups is 1. The highest BCUT2D eigenvalue weighted by Crippen LogP contribution is 2.69. The molecule has 2 aliphatic carbocycles. The Kier molecular flexibility index (Phi) is 7.22. The standard InChI is InChI=1S/C34H26F3N3O6S2/c35-34(36,37)21-6-1-2-7-22(21)40-31(43)26-19-13-20(27(26)32(40)44)28-25(19)24(29-30(47-28)39-33(45)48-29)15-4-3-5-18(12-15)46-14-23(42)38-16-8-10-17(41)11-9-16/h1-12,19-20,24-28,41H,13-14H2,(H,38,42)(H,39,45)/t19-,20-,24-,25?,26?,27?,28?/m1/s1. The number of rotatable bonds is 6. The van der Waals surface area contributed by atoms with Gasteiger partial charge in [0.05, 0.1) is 28.1 Å². The molecule has 8 rings (SSSR count). The molecule has 7 atom stereocenters. The van der Waals surface area contributed by atoms with E-state index < -0.39 is 47.0 Å². The first kappa shape index (κ1) is 30.8. The monoisotopic (exact) mass is 693 g/mol. The molecule has 2 aliphatic heterocycles. The van der Waals surface area contributed by atoms with Gasteiger partial charge in [-0.15, -0.1) is 11.8 Å². The maximum atomic E-state index is 14.0. The van der Waals surface area contributed by atoms with E-state index in [-0.39, 0.29) is 46.2 Å². The molecule has 3 heterocycles. The number of phenols is 1. The van der Waals surface area contributed by atoms with Gasteiger partial charge < -0.3 is 20.1 Å². The Bertz CT molecular complexity index is 2030. The number of para-hydroxylation sites is 1. The van der Waals surface area contributed by atoms with Crippen molar-refractivity contribution in [2.45, 2.75) is 28.8 Å². The summed E-state index contributed by atoms with van der Waals surface area (Å²) in [6.07, 6.45) is -4.17. The average Bonchev–Trinajstić information content (AvgIpc) is 3.79. The van der Waals surface area contributed by atoms with Crippen LogP contribution in [0.25, 0.3) is 0 Å². The number of nitrogens with one attached hydrogen (secondary N) is 2. The number of hydrogen-bond donors (Lipinski definition) is 3. The van der Waals surface area contributed by atoms with Crippen LogP contribution in [0, 0.1) is 29.6 Å². The summed E-state index contributed by atoms with van der Waals surface area (Å²) in [6, 6.07) is 17.9. The second kappa shape index (κ2) is 11.3. The number of aromatic nitrogens is 1. The summed E-state index contributed by atoms with van der Waals surface area (Å²) in [4.78, 5) is 57.3. The number of ether oxygens (including phenoxy) is 1. The van der Waals surface area contributed by atoms with Gasteiger partial charge in [-0.05, 0) is 78.3 Å². The molecule has 14 heteroatoms. The number of fused-ring (bicyclic) bond motifs is 9. The predicted octanol–water partition coefficient (Wildman–Crippen LogP) is 5.86. The summed E-state index contributed by atoms with van der Waals surface area (Å²) >= 11 is 2.56. The molecule has 1 aromatic heterocycles. The van der Waals surface area contributed by atoms with Crippen LogP contribution in [-0.4, -0.2) is 39.7 Å². The number of carbonyl (C=O) groups excluding carboxylic acids is 3. The van der Waals surface area contributed by atoms with Gasteiger partial charge in [-0.3, -0.25) is 19.2 Å². The fourth-order valence-corrected chi connectivity index (χ4v) is 11.1. The van der Waals surface area contributed by atoms with Gasteiger partial charge in [-0.25, -0.2) is 4.90 Å². The number of halogens is 3. The Morgan fingerprint density at radius 3 is 2.46 bits per heavy atom. The van der Waals surface area contributed by atoms with Crippen LogP contribution in [0.15, 0.2) is 82.6 Å². The second-order valence-electron chi connectivity index (χ2n) is 12.4. The SMILES string of the molecule is O=C(COc1cccc([C@H]2c3sc(=O)[nH]c3SC3C2[C@H]2C[C@@H]3C3C(=O)N(c4ccccc4C(F)(F)F)C(=O)C32)c1)Nc1ccc(O)cc1. The van der Waals surface area contributed by atoms with Crippen molar-refractivity contribution in [1.82, 2.24) is 4.98 Å². The van der Waals surface area contributed by atoms with Gasteiger partial charge in [0.2, 0.25) is 11.8 Å². The molecule has 4 aliphatic rings. The molecule has 3 amide bonds. The van der Waals surface area contributed by atoms with Gasteiger partial charge >= 0.3 is 11.0 Å². The van der Waals surface area contributed by atoms with Crippen molar-refractivity contribution in [1.29, 1.82) is 0 Å². The molecule has 0 radical (unpaired) electrons. The predicted molar refractivity (Wildman–Crippen MR) is 171 cm³/mol. The van der Waals surface area contributed by atoms with Crippen LogP contribution in [0.1, 0.15) is 28.3 Å². The number of aromatic hydroxyl groups is 1. The molecule has 0 spiro atoms. The number of phenolic OH excluding ortho intramolecular Hbond substituents is 1. The topological polar surface area (TPSA) is 129 Å². The third-order valence-corrected chi connectivity index (χ3v) is 12.5. The van der Waals surface area contributed by atoms with Crippen molar-refractivity contribution in [2.75, 3.05) is 16.8 Å². The normalized spacial score (nSPS) is 27.1. The highest BCUT2D eigenvalue weighted by Gasteiger charge is 2.70. The van der Waals surface area contributed by atoms with Gasteiger partial charge in [0.15, 0.2) is 6.61 Å². The van der Waals surface area contributed by atoms with E-state index in [0.717, 1.165) is 32.7 Å². The Balaban J connectivity index is 1.10. The maximum absolute atomic E-state index is 14.0. The molecule has 48 heavy (non-hydrogen) atoms. The molecule has 9 nitrogen and oxygen atoms in total. The van der Waals surface area contributed by atoms with Gasteiger partial charge in [0.1, 0.15) is 11.5 Å². The van der Waals surface area contributed by atoms with E-state index in [2.05, 4.69) is 10.3 Å². The zero-order valence-corrected chi connectivity index (χ0v) is 26.4. The second-order valence-corrected chi connectivity index (χ2v) is 14.6. The Morgan fingerprint density at radius 2 is 1.71 bits per heavy atom. The number of alkyl halides is 3. The molecule has 4 unspecified atom stereocenters. The van der Waals surface area contributed by atoms with Crippen molar-refractivity contribution in [2.24, 2.45) is 29.6 Å². The number of H-pyrrole nitrogens is 1. The lowest BCUT2D eigenvalue weighted by molar-refractivity contribution is -0.137. The minimum atomic E-state index is -4.75. The minimum absolute atomic E-state index is 0.0685. The van der Waals surface area contributed by atoms with Crippen molar-refractivity contribution >= 4 is 52.2 Å². The van der Waals surface area contributed by atoms with E-state index >= 15 is 0 Å². The van der Waals surface area contributed by atoms with Crippen LogP contribution in [-0.2, 0) is 20.6 Å². The first-order valence-corrected chi connectivity index (χ1v) is 16.9. The number of thiazole rings is 1. The number of benzene rings is 3. The molecular weight excluding hydrogens is 668 g/mol. The quantitative estimate of drug-likeness (QED) is 0.171. The molecule has 4 aromatic rings. The highest BCUT2D eigenvalue weighted by molar-refractivity contribution is 8.00. The van der Waals surface area contributed by atoms with E-state index in [1.807, 2.05) is 6.07 Å². The summed E-state index contributed by atoms with van der Waals surface area (Å²) < 4.78 is 47.7. The van der Waals surface area contributed by atoms with E-state index in [4.69, 9.17) is 4.74 Å². The molecule has 1 saturated heterocycles. The summed E-state index contributed by atoms with van der Waals surface area (Å²) in [5.74, 6) is -3.75. The van der Waals surface area contributed by atoms with Gasteiger partial charge in [0, 0.05) is 21.7 Å². The number of thioether (sulfide) groups is 1. The van der Waals surface area contributed by atoms with Crippen molar-refractivity contribution in [3.05, 3.63) is 98.5 Å². The fraction of sp³-hybridized carbons (Fsp3) is 0.294. The molecule has 3 aromatic carbocycles. The zero-order valence-electron chi connectivity index (χ0n) is 24.8. The van der Waals surface area contributed by atoms with E-state index in [0.29, 0.717) is 22.9 Å². The smallest absolute Gasteiger partial charge is 0.418 e. The molecule has 3 fully saturated rings. The number of nitrogens with zero attached hydrogens (tertiary/aromatic N) is 1. The molecule has 3 N–H and O–H groups in total. The number of carbonyl (C=O) groups is 3. The number of amides is 3. The summed E-state index contributed by atoms with van der Waals surface area (Å²) in [5.41, 5.74) is -0.176. The van der Waals surface area contributed by atoms with Gasteiger partial charge in [-0.1, -0.05) is 35.6 Å². The first-order valence-electron chi connectivity index (χ1n) is 15.2. The number of aromatic amines is 1. The third-order valence-electron chi connectivity index (χ3n) is 9.91. The summed E-state index contributed by atoms with van der Waals surface area (Å²) in [7, 11) is 0. The van der Waals surface area contributed by atoms with E-state index in [1.165, 1.54) is 42.1 Å². The Labute approximate surface area is 279 Å². The molecule has 2 bridgehead atoms. The van der Waals surface area contributed by atoms with Gasteiger partial charge in [0.25, 0.3) is 5.91 Å². The lowest BCUT2D eigenvalue weighted by Gasteiger charge is -2.43. The van der Waals surface area contributed by atoms with Crippen molar-refractivity contribution < 1.29 is 37.4 Å². The lowest BCUT2D eigenvalue weighted by atomic mass is 9.68. The Hall–Kier alpha value is -4.56. The van der Waals surface area contributed by atoms with Crippen LogP contribution in [0.5, 0.6) is 11.5 Å². The first-order chi connectivity index (χ1) is 23.0. The number of anilines is 2. The van der Waals surface area contributed by atoms with E-state index in [9.17, 15) is 37.5 Å². The highest BCUT2D eigenvalue weighted by atomic mass is 32.2. The number of hydrogen-bond acceptors (Lipinski definition) is 8. The van der Waals surface area contributed by atoms with Crippen LogP contribution in [0.4, 0.5) is 24.5 Å². The van der Waals surface area contributed by atoms with E-state index in [1.54, 1.807) is 30.3 Å². The lowest BCUT2D eigenvalue weighted by Crippen LogP contribution is -2.42. The Morgan fingerprint density at radius 1 is 0.979 bits per heavy atom. The maximum Gasteiger partial charge on any atom is 0.418 e. The summed E-state index contributed by atoms with van der Waals surface area (Å²) in [5, 5.41) is 12.7.